The Morgan fingerprint density at radius 3 is 2.67 bits per heavy atom. The number of anilines is 1. The summed E-state index contributed by atoms with van der Waals surface area (Å²) >= 11 is 0. The molecule has 1 fully saturated rings. The van der Waals surface area contributed by atoms with E-state index < -0.39 is 10.0 Å². The molecule has 1 aliphatic rings. The van der Waals surface area contributed by atoms with E-state index in [0.717, 1.165) is 32.4 Å². The highest BCUT2D eigenvalue weighted by Gasteiger charge is 2.22. The average Bonchev–Trinajstić information content (AvgIpc) is 2.39. The van der Waals surface area contributed by atoms with E-state index in [1.807, 2.05) is 0 Å². The van der Waals surface area contributed by atoms with Crippen LogP contribution in [-0.2, 0) is 10.0 Å². The van der Waals surface area contributed by atoms with E-state index in [4.69, 9.17) is 5.84 Å². The quantitative estimate of drug-likeness (QED) is 0.528. The zero-order chi connectivity index (χ0) is 13.0. The van der Waals surface area contributed by atoms with Crippen LogP contribution in [0.3, 0.4) is 0 Å². The first-order chi connectivity index (χ1) is 8.63. The first kappa shape index (κ1) is 13.2. The number of sulfonamides is 1. The highest BCUT2D eigenvalue weighted by Crippen LogP contribution is 2.17. The molecule has 4 N–H and O–H groups in total. The van der Waals surface area contributed by atoms with Gasteiger partial charge in [0.15, 0.2) is 5.82 Å². The summed E-state index contributed by atoms with van der Waals surface area (Å²) in [5.41, 5.74) is 2.29. The van der Waals surface area contributed by atoms with Gasteiger partial charge in [-0.2, -0.15) is 0 Å². The number of aromatic nitrogens is 1. The highest BCUT2D eigenvalue weighted by molar-refractivity contribution is 7.89. The third-order valence-corrected chi connectivity index (χ3v) is 4.21. The lowest BCUT2D eigenvalue weighted by molar-refractivity contribution is 0.200. The summed E-state index contributed by atoms with van der Waals surface area (Å²) in [6.45, 7) is 1.45. The number of nitrogens with one attached hydrogen (secondary N) is 2. The summed E-state index contributed by atoms with van der Waals surface area (Å²) in [6.07, 6.45) is 4.62. The van der Waals surface area contributed by atoms with Crippen LogP contribution >= 0.6 is 0 Å². The predicted octanol–water partition coefficient (Wildman–Crippen LogP) is 0.0464. The monoisotopic (exact) mass is 271 g/mol. The molecule has 0 unspecified atom stereocenters. The summed E-state index contributed by atoms with van der Waals surface area (Å²) in [7, 11) is -3.63. The Bertz CT molecular complexity index is 499. The maximum Gasteiger partial charge on any atom is 0.257 e. The predicted molar refractivity (Wildman–Crippen MR) is 67.8 cm³/mol. The lowest BCUT2D eigenvalue weighted by Crippen LogP contribution is -2.45. The van der Waals surface area contributed by atoms with E-state index in [1.165, 1.54) is 12.3 Å². The molecule has 0 aliphatic carbocycles. The van der Waals surface area contributed by atoms with Gasteiger partial charge in [0.05, 0.1) is 0 Å². The molecule has 0 atom stereocenters. The molecule has 1 aliphatic heterocycles. The van der Waals surface area contributed by atoms with Gasteiger partial charge in [-0.25, -0.2) is 24.3 Å². The smallest absolute Gasteiger partial charge is 0.257 e. The van der Waals surface area contributed by atoms with Gasteiger partial charge in [0.2, 0.25) is 0 Å². The minimum atomic E-state index is -3.63. The molecular weight excluding hydrogens is 254 g/mol. The number of hydrogen-bond donors (Lipinski definition) is 3. The molecule has 0 radical (unpaired) electrons. The van der Waals surface area contributed by atoms with E-state index in [1.54, 1.807) is 11.1 Å². The van der Waals surface area contributed by atoms with Crippen LogP contribution < -0.4 is 16.1 Å². The number of piperidine rings is 1. The number of nitrogens with zero attached hydrogens (tertiary/aromatic N) is 2. The van der Waals surface area contributed by atoms with Crippen LogP contribution in [0.15, 0.2) is 23.2 Å². The Kier molecular flexibility index (Phi) is 4.12. The first-order valence-electron chi connectivity index (χ1n) is 5.82. The van der Waals surface area contributed by atoms with Crippen molar-refractivity contribution in [1.82, 2.24) is 14.8 Å². The van der Waals surface area contributed by atoms with Crippen molar-refractivity contribution >= 4 is 15.8 Å². The fourth-order valence-electron chi connectivity index (χ4n) is 1.92. The molecule has 0 bridgehead atoms. The summed E-state index contributed by atoms with van der Waals surface area (Å²) < 4.78 is 24.4. The molecule has 2 rings (SSSR count). The van der Waals surface area contributed by atoms with Gasteiger partial charge in [-0.15, -0.1) is 4.83 Å². The molecule has 100 valence electrons. The molecule has 2 heterocycles. The zero-order valence-electron chi connectivity index (χ0n) is 9.96. The summed E-state index contributed by atoms with van der Waals surface area (Å²) in [6, 6.07) is 3.03. The largest absolute Gasteiger partial charge is 0.307 e. The van der Waals surface area contributed by atoms with Gasteiger partial charge in [-0.1, -0.05) is 6.42 Å². The van der Waals surface area contributed by atoms with Crippen LogP contribution in [0.2, 0.25) is 0 Å². The second kappa shape index (κ2) is 5.61. The minimum absolute atomic E-state index is 0.0538. The van der Waals surface area contributed by atoms with E-state index in [2.05, 4.69) is 15.2 Å². The van der Waals surface area contributed by atoms with E-state index in [9.17, 15) is 8.42 Å². The maximum absolute atomic E-state index is 12.2. The Morgan fingerprint density at radius 1 is 1.28 bits per heavy atom. The van der Waals surface area contributed by atoms with E-state index in [-0.39, 0.29) is 10.7 Å². The van der Waals surface area contributed by atoms with E-state index in [0.29, 0.717) is 0 Å². The van der Waals surface area contributed by atoms with Gasteiger partial charge in [0.25, 0.3) is 10.0 Å². The van der Waals surface area contributed by atoms with Crippen molar-refractivity contribution in [2.75, 3.05) is 18.5 Å². The topological polar surface area (TPSA) is 100 Å². The zero-order valence-corrected chi connectivity index (χ0v) is 10.8. The number of hydrazine groups is 2. The van der Waals surface area contributed by atoms with E-state index >= 15 is 0 Å². The van der Waals surface area contributed by atoms with Gasteiger partial charge in [0.1, 0.15) is 4.90 Å². The van der Waals surface area contributed by atoms with Gasteiger partial charge in [-0.05, 0) is 25.0 Å². The lowest BCUT2D eigenvalue weighted by atomic mass is 10.2. The summed E-state index contributed by atoms with van der Waals surface area (Å²) in [4.78, 5) is 6.49. The fourth-order valence-corrected chi connectivity index (χ4v) is 3.16. The second-order valence-electron chi connectivity index (χ2n) is 4.14. The molecule has 0 saturated carbocycles. The van der Waals surface area contributed by atoms with Crippen LogP contribution in [0, 0.1) is 0 Å². The van der Waals surface area contributed by atoms with Crippen LogP contribution in [0.5, 0.6) is 0 Å². The molecule has 1 saturated heterocycles. The van der Waals surface area contributed by atoms with Crippen molar-refractivity contribution < 1.29 is 8.42 Å². The van der Waals surface area contributed by atoms with Crippen molar-refractivity contribution in [3.8, 4) is 0 Å². The van der Waals surface area contributed by atoms with Crippen molar-refractivity contribution in [3.05, 3.63) is 18.3 Å². The van der Waals surface area contributed by atoms with Crippen LogP contribution in [0.4, 0.5) is 5.82 Å². The van der Waals surface area contributed by atoms with Gasteiger partial charge >= 0.3 is 0 Å². The number of nitrogens with two attached hydrogens (primary N) is 1. The summed E-state index contributed by atoms with van der Waals surface area (Å²) in [5.74, 6) is 5.40. The number of pyridine rings is 1. The van der Waals surface area contributed by atoms with Gasteiger partial charge in [0, 0.05) is 19.3 Å². The van der Waals surface area contributed by atoms with Crippen LogP contribution in [0.1, 0.15) is 19.3 Å². The van der Waals surface area contributed by atoms with Crippen molar-refractivity contribution in [1.29, 1.82) is 0 Å². The lowest BCUT2D eigenvalue weighted by Gasteiger charge is -2.26. The number of rotatable bonds is 4. The molecule has 0 spiro atoms. The molecule has 18 heavy (non-hydrogen) atoms. The normalized spacial score (nSPS) is 17.6. The number of hydrogen-bond acceptors (Lipinski definition) is 6. The third-order valence-electron chi connectivity index (χ3n) is 2.80. The molecule has 1 aromatic heterocycles. The Hall–Kier alpha value is -1.22. The SMILES string of the molecule is NNc1ncccc1S(=O)(=O)NN1CCCCC1. The molecule has 7 nitrogen and oxygen atoms in total. The van der Waals surface area contributed by atoms with Crippen LogP contribution in [0.25, 0.3) is 0 Å². The molecule has 0 amide bonds. The van der Waals surface area contributed by atoms with Crippen molar-refractivity contribution in [3.63, 3.8) is 0 Å². The first-order valence-corrected chi connectivity index (χ1v) is 7.31. The van der Waals surface area contributed by atoms with Crippen molar-refractivity contribution in [2.45, 2.75) is 24.2 Å². The highest BCUT2D eigenvalue weighted by atomic mass is 32.2. The Labute approximate surface area is 106 Å². The minimum Gasteiger partial charge on any atom is -0.307 e. The third kappa shape index (κ3) is 2.96. The van der Waals surface area contributed by atoms with Gasteiger partial charge in [-0.3, -0.25) is 0 Å². The fraction of sp³-hybridized carbons (Fsp3) is 0.500. The van der Waals surface area contributed by atoms with Crippen LogP contribution in [-0.4, -0.2) is 31.5 Å². The Morgan fingerprint density at radius 2 is 2.00 bits per heavy atom. The van der Waals surface area contributed by atoms with Crippen molar-refractivity contribution in [2.24, 2.45) is 5.84 Å². The van der Waals surface area contributed by atoms with Gasteiger partial charge < -0.3 is 5.43 Å². The molecule has 0 aromatic carbocycles. The Balaban J connectivity index is 2.19. The molecule has 8 heteroatoms. The average molecular weight is 271 g/mol. The molecule has 1 aromatic rings. The molecular formula is C10H17N5O2S. The maximum atomic E-state index is 12.2. The number of nitrogen functional groups attached to an aromatic ring is 1. The standard InChI is InChI=1S/C10H17N5O2S/c11-13-10-9(5-4-6-12-10)18(16,17)14-15-7-2-1-3-8-15/h4-6,14H,1-3,7-8,11H2,(H,12,13). The summed E-state index contributed by atoms with van der Waals surface area (Å²) in [5, 5.41) is 1.71. The second-order valence-corrected chi connectivity index (χ2v) is 5.77.